The maximum absolute atomic E-state index is 12.1. The molecule has 0 aliphatic carbocycles. The van der Waals surface area contributed by atoms with Crippen LogP contribution < -0.4 is 0 Å². The van der Waals surface area contributed by atoms with Crippen LogP contribution >= 0.6 is 0 Å². The van der Waals surface area contributed by atoms with Crippen LogP contribution in [0, 0.1) is 5.92 Å². The van der Waals surface area contributed by atoms with Gasteiger partial charge in [0.25, 0.3) is 0 Å². The Labute approximate surface area is 109 Å². The first-order valence-electron chi connectivity index (χ1n) is 6.60. The minimum Gasteiger partial charge on any atom is -0.393 e. The molecule has 104 valence electrons. The Hall–Kier alpha value is -1.10. The third-order valence-corrected chi connectivity index (χ3v) is 3.55. The summed E-state index contributed by atoms with van der Waals surface area (Å²) in [5.41, 5.74) is 0. The summed E-state index contributed by atoms with van der Waals surface area (Å²) >= 11 is 0. The van der Waals surface area contributed by atoms with E-state index in [1.54, 1.807) is 30.7 Å². The third kappa shape index (κ3) is 4.29. The Morgan fingerprint density at radius 2 is 1.94 bits per heavy atom. The zero-order valence-corrected chi connectivity index (χ0v) is 11.6. The molecule has 1 fully saturated rings. The summed E-state index contributed by atoms with van der Waals surface area (Å²) in [5, 5.41) is 9.21. The molecule has 1 aliphatic rings. The van der Waals surface area contributed by atoms with E-state index in [0.717, 1.165) is 12.8 Å². The summed E-state index contributed by atoms with van der Waals surface area (Å²) in [6, 6.07) is 0. The van der Waals surface area contributed by atoms with Crippen molar-refractivity contribution < 1.29 is 14.7 Å². The Morgan fingerprint density at radius 1 is 1.39 bits per heavy atom. The fourth-order valence-electron chi connectivity index (χ4n) is 2.24. The number of piperidine rings is 1. The molecule has 1 N–H and O–H groups in total. The van der Waals surface area contributed by atoms with Gasteiger partial charge in [0.1, 0.15) is 0 Å². The van der Waals surface area contributed by atoms with Crippen LogP contribution in [0.25, 0.3) is 0 Å². The van der Waals surface area contributed by atoms with Gasteiger partial charge >= 0.3 is 0 Å². The van der Waals surface area contributed by atoms with Crippen LogP contribution in [-0.2, 0) is 9.59 Å². The molecule has 0 saturated carbocycles. The van der Waals surface area contributed by atoms with Gasteiger partial charge in [-0.15, -0.1) is 0 Å². The smallest absolute Gasteiger partial charge is 0.225 e. The fourth-order valence-corrected chi connectivity index (χ4v) is 2.24. The Morgan fingerprint density at radius 3 is 2.39 bits per heavy atom. The van der Waals surface area contributed by atoms with Crippen LogP contribution in [-0.4, -0.2) is 59.5 Å². The number of rotatable bonds is 4. The number of hydrogen-bond acceptors (Lipinski definition) is 3. The van der Waals surface area contributed by atoms with Gasteiger partial charge < -0.3 is 14.9 Å². The SMILES string of the molecule is CC(=O)N1CCC(C(=O)N(C)CCC(C)O)CC1. The summed E-state index contributed by atoms with van der Waals surface area (Å²) in [6.07, 6.45) is 1.73. The van der Waals surface area contributed by atoms with Gasteiger partial charge in [-0.2, -0.15) is 0 Å². The average Bonchev–Trinajstić information content (AvgIpc) is 2.35. The first kappa shape index (κ1) is 15.0. The van der Waals surface area contributed by atoms with Crippen molar-refractivity contribution in [3.63, 3.8) is 0 Å². The molecule has 0 aromatic heterocycles. The monoisotopic (exact) mass is 256 g/mol. The van der Waals surface area contributed by atoms with E-state index in [4.69, 9.17) is 0 Å². The second kappa shape index (κ2) is 6.73. The van der Waals surface area contributed by atoms with Crippen molar-refractivity contribution in [1.82, 2.24) is 9.80 Å². The summed E-state index contributed by atoms with van der Waals surface area (Å²) in [7, 11) is 1.78. The Kier molecular flexibility index (Phi) is 5.59. The molecule has 5 heteroatoms. The topological polar surface area (TPSA) is 60.9 Å². The molecule has 0 aromatic carbocycles. The van der Waals surface area contributed by atoms with Crippen molar-refractivity contribution in [2.45, 2.75) is 39.2 Å². The molecule has 0 aromatic rings. The Balaban J connectivity index is 2.37. The molecule has 0 spiro atoms. The fraction of sp³-hybridized carbons (Fsp3) is 0.846. The lowest BCUT2D eigenvalue weighted by Crippen LogP contribution is -2.43. The molecule has 1 rings (SSSR count). The van der Waals surface area contributed by atoms with Crippen LogP contribution in [0.15, 0.2) is 0 Å². The minimum absolute atomic E-state index is 0.0274. The lowest BCUT2D eigenvalue weighted by molar-refractivity contribution is -0.139. The molecule has 0 bridgehead atoms. The summed E-state index contributed by atoms with van der Waals surface area (Å²) in [5.74, 6) is 0.252. The van der Waals surface area contributed by atoms with E-state index in [1.165, 1.54) is 0 Å². The van der Waals surface area contributed by atoms with Crippen molar-refractivity contribution in [2.75, 3.05) is 26.7 Å². The number of carbonyl (C=O) groups is 2. The molecule has 5 nitrogen and oxygen atoms in total. The van der Waals surface area contributed by atoms with E-state index in [1.807, 2.05) is 0 Å². The highest BCUT2D eigenvalue weighted by Crippen LogP contribution is 2.19. The van der Waals surface area contributed by atoms with Crippen molar-refractivity contribution in [1.29, 1.82) is 0 Å². The van der Waals surface area contributed by atoms with Crippen molar-refractivity contribution in [3.8, 4) is 0 Å². The zero-order valence-electron chi connectivity index (χ0n) is 11.6. The van der Waals surface area contributed by atoms with Gasteiger partial charge in [-0.1, -0.05) is 0 Å². The highest BCUT2D eigenvalue weighted by atomic mass is 16.3. The van der Waals surface area contributed by atoms with Crippen LogP contribution in [0.5, 0.6) is 0 Å². The summed E-state index contributed by atoms with van der Waals surface area (Å²) < 4.78 is 0. The second-order valence-electron chi connectivity index (χ2n) is 5.18. The molecule has 2 amide bonds. The highest BCUT2D eigenvalue weighted by molar-refractivity contribution is 5.79. The van der Waals surface area contributed by atoms with Gasteiger partial charge in [-0.3, -0.25) is 9.59 Å². The van der Waals surface area contributed by atoms with Crippen LogP contribution in [0.1, 0.15) is 33.1 Å². The lowest BCUT2D eigenvalue weighted by atomic mass is 9.95. The molecule has 1 saturated heterocycles. The highest BCUT2D eigenvalue weighted by Gasteiger charge is 2.27. The van der Waals surface area contributed by atoms with Crippen molar-refractivity contribution in [2.24, 2.45) is 5.92 Å². The quantitative estimate of drug-likeness (QED) is 0.795. The molecule has 0 radical (unpaired) electrons. The second-order valence-corrected chi connectivity index (χ2v) is 5.18. The predicted octanol–water partition coefficient (Wildman–Crippen LogP) is 0.474. The van der Waals surface area contributed by atoms with E-state index in [9.17, 15) is 14.7 Å². The van der Waals surface area contributed by atoms with Crippen LogP contribution in [0.3, 0.4) is 0 Å². The van der Waals surface area contributed by atoms with E-state index in [0.29, 0.717) is 26.1 Å². The minimum atomic E-state index is -0.375. The molecular weight excluding hydrogens is 232 g/mol. The average molecular weight is 256 g/mol. The number of hydrogen-bond donors (Lipinski definition) is 1. The van der Waals surface area contributed by atoms with Crippen LogP contribution in [0.4, 0.5) is 0 Å². The number of nitrogens with zero attached hydrogens (tertiary/aromatic N) is 2. The summed E-state index contributed by atoms with van der Waals surface area (Å²) in [4.78, 5) is 26.8. The molecule has 1 atom stereocenters. The molecule has 1 aliphatic heterocycles. The standard InChI is InChI=1S/C13H24N2O3/c1-10(16)4-7-14(3)13(18)12-5-8-15(9-6-12)11(2)17/h10,12,16H,4-9H2,1-3H3. The van der Waals surface area contributed by atoms with Crippen molar-refractivity contribution >= 4 is 11.8 Å². The number of likely N-dealkylation sites (tertiary alicyclic amines) is 1. The zero-order chi connectivity index (χ0) is 13.7. The number of aliphatic hydroxyl groups excluding tert-OH is 1. The van der Waals surface area contributed by atoms with E-state index in [2.05, 4.69) is 0 Å². The van der Waals surface area contributed by atoms with Gasteiger partial charge in [-0.25, -0.2) is 0 Å². The maximum Gasteiger partial charge on any atom is 0.225 e. The van der Waals surface area contributed by atoms with E-state index in [-0.39, 0.29) is 23.8 Å². The van der Waals surface area contributed by atoms with Gasteiger partial charge in [0.05, 0.1) is 6.10 Å². The first-order valence-corrected chi connectivity index (χ1v) is 6.60. The number of carbonyl (C=O) groups excluding carboxylic acids is 2. The van der Waals surface area contributed by atoms with Gasteiger partial charge in [-0.05, 0) is 26.2 Å². The summed E-state index contributed by atoms with van der Waals surface area (Å²) in [6.45, 7) is 5.23. The third-order valence-electron chi connectivity index (χ3n) is 3.55. The lowest BCUT2D eigenvalue weighted by Gasteiger charge is -2.32. The first-order chi connectivity index (χ1) is 8.41. The van der Waals surface area contributed by atoms with E-state index >= 15 is 0 Å². The van der Waals surface area contributed by atoms with Gasteiger partial charge in [0.15, 0.2) is 0 Å². The Bertz CT molecular complexity index is 297. The predicted molar refractivity (Wildman–Crippen MR) is 68.9 cm³/mol. The number of aliphatic hydroxyl groups is 1. The van der Waals surface area contributed by atoms with E-state index < -0.39 is 0 Å². The molecule has 18 heavy (non-hydrogen) atoms. The largest absolute Gasteiger partial charge is 0.393 e. The molecule has 1 unspecified atom stereocenters. The van der Waals surface area contributed by atoms with Gasteiger partial charge in [0.2, 0.25) is 11.8 Å². The van der Waals surface area contributed by atoms with Crippen molar-refractivity contribution in [3.05, 3.63) is 0 Å². The van der Waals surface area contributed by atoms with Gasteiger partial charge in [0, 0.05) is 39.5 Å². The van der Waals surface area contributed by atoms with Crippen LogP contribution in [0.2, 0.25) is 0 Å². The maximum atomic E-state index is 12.1. The normalized spacial score (nSPS) is 18.6. The molecule has 1 heterocycles. The number of amides is 2. The molecular formula is C13H24N2O3.